The molecular weight excluding hydrogens is 293 g/mol. The highest BCUT2D eigenvalue weighted by atomic mass is 19.1. The summed E-state index contributed by atoms with van der Waals surface area (Å²) in [6.45, 7) is 4.61. The average Bonchev–Trinajstić information content (AvgIpc) is 2.56. The summed E-state index contributed by atoms with van der Waals surface area (Å²) in [7, 11) is 0. The zero-order valence-corrected chi connectivity index (χ0v) is 13.1. The first-order valence-corrected chi connectivity index (χ1v) is 7.57. The molecule has 1 heterocycles. The number of ether oxygens (including phenoxy) is 1. The summed E-state index contributed by atoms with van der Waals surface area (Å²) >= 11 is 0. The molecule has 5 heteroatoms. The Kier molecular flexibility index (Phi) is 4.37. The smallest absolute Gasteiger partial charge is 0.137 e. The van der Waals surface area contributed by atoms with Gasteiger partial charge in [0.15, 0.2) is 0 Å². The molecule has 2 aromatic carbocycles. The lowest BCUT2D eigenvalue weighted by Gasteiger charge is -2.17. The van der Waals surface area contributed by atoms with Crippen LogP contribution in [0.25, 0.3) is 10.9 Å². The van der Waals surface area contributed by atoms with E-state index in [9.17, 15) is 4.39 Å². The first-order valence-electron chi connectivity index (χ1n) is 7.57. The highest BCUT2D eigenvalue weighted by Gasteiger charge is 2.10. The van der Waals surface area contributed by atoms with E-state index in [1.165, 1.54) is 18.5 Å². The van der Waals surface area contributed by atoms with Crippen LogP contribution in [0, 0.1) is 5.82 Å². The monoisotopic (exact) mass is 311 g/mol. The summed E-state index contributed by atoms with van der Waals surface area (Å²) < 4.78 is 19.0. The maximum absolute atomic E-state index is 13.5. The average molecular weight is 311 g/mol. The highest BCUT2D eigenvalue weighted by molar-refractivity contribution is 5.88. The fourth-order valence-corrected chi connectivity index (χ4v) is 2.47. The Morgan fingerprint density at radius 2 is 2.04 bits per heavy atom. The molecule has 118 valence electrons. The summed E-state index contributed by atoms with van der Waals surface area (Å²) in [4.78, 5) is 8.42. The fraction of sp³-hybridized carbons (Fsp3) is 0.222. The zero-order valence-electron chi connectivity index (χ0n) is 13.1. The first-order chi connectivity index (χ1) is 11.2. The van der Waals surface area contributed by atoms with Crippen LogP contribution in [0.4, 0.5) is 10.2 Å². The lowest BCUT2D eigenvalue weighted by atomic mass is 10.1. The molecule has 0 aliphatic heterocycles. The molecule has 0 amide bonds. The van der Waals surface area contributed by atoms with Crippen LogP contribution in [-0.4, -0.2) is 16.6 Å². The fourth-order valence-electron chi connectivity index (χ4n) is 2.47. The van der Waals surface area contributed by atoms with Crippen molar-refractivity contribution in [1.82, 2.24) is 9.97 Å². The molecule has 0 aliphatic carbocycles. The number of aromatic nitrogens is 2. The van der Waals surface area contributed by atoms with E-state index in [4.69, 9.17) is 4.74 Å². The molecular formula is C18H18FN3O. The lowest BCUT2D eigenvalue weighted by Crippen LogP contribution is -2.09. The Morgan fingerprint density at radius 3 is 2.87 bits per heavy atom. The van der Waals surface area contributed by atoms with Gasteiger partial charge in [0.05, 0.1) is 18.2 Å². The Morgan fingerprint density at radius 1 is 1.17 bits per heavy atom. The van der Waals surface area contributed by atoms with Crippen LogP contribution >= 0.6 is 0 Å². The largest absolute Gasteiger partial charge is 0.494 e. The second-order valence-corrected chi connectivity index (χ2v) is 5.26. The number of hydrogen-bond donors (Lipinski definition) is 1. The van der Waals surface area contributed by atoms with E-state index >= 15 is 0 Å². The van der Waals surface area contributed by atoms with Crippen LogP contribution in [-0.2, 0) is 0 Å². The van der Waals surface area contributed by atoms with Gasteiger partial charge in [-0.15, -0.1) is 0 Å². The molecule has 23 heavy (non-hydrogen) atoms. The van der Waals surface area contributed by atoms with Crippen molar-refractivity contribution >= 4 is 16.7 Å². The number of nitrogens with one attached hydrogen (secondary N) is 1. The normalized spacial score (nSPS) is 12.1. The van der Waals surface area contributed by atoms with Gasteiger partial charge in [-0.05, 0) is 49.7 Å². The highest BCUT2D eigenvalue weighted by Crippen LogP contribution is 2.26. The molecule has 0 saturated heterocycles. The predicted octanol–water partition coefficient (Wildman–Crippen LogP) is 4.34. The molecule has 0 bridgehead atoms. The molecule has 3 aromatic rings. The van der Waals surface area contributed by atoms with Crippen LogP contribution in [0.15, 0.2) is 48.8 Å². The number of fused-ring (bicyclic) bond motifs is 1. The molecule has 0 spiro atoms. The van der Waals surface area contributed by atoms with Crippen molar-refractivity contribution in [2.24, 2.45) is 0 Å². The summed E-state index contributed by atoms with van der Waals surface area (Å²) in [5.41, 5.74) is 1.78. The number of anilines is 1. The molecule has 0 radical (unpaired) electrons. The Bertz CT molecular complexity index is 822. The minimum atomic E-state index is -0.304. The Hall–Kier alpha value is -2.69. The molecule has 1 atom stereocenters. The van der Waals surface area contributed by atoms with E-state index < -0.39 is 0 Å². The quantitative estimate of drug-likeness (QED) is 0.761. The third-order valence-corrected chi connectivity index (χ3v) is 3.62. The third-order valence-electron chi connectivity index (χ3n) is 3.62. The van der Waals surface area contributed by atoms with Gasteiger partial charge in [-0.2, -0.15) is 0 Å². The topological polar surface area (TPSA) is 47.0 Å². The van der Waals surface area contributed by atoms with Gasteiger partial charge in [0.25, 0.3) is 0 Å². The molecule has 3 rings (SSSR count). The SMILES string of the molecule is CCOc1cccc(C(C)Nc2ncnc3ccc(F)cc23)c1. The van der Waals surface area contributed by atoms with Crippen molar-refractivity contribution in [2.75, 3.05) is 11.9 Å². The van der Waals surface area contributed by atoms with E-state index in [1.54, 1.807) is 6.07 Å². The standard InChI is InChI=1S/C18H18FN3O/c1-3-23-15-6-4-5-13(9-15)12(2)22-18-16-10-14(19)7-8-17(16)20-11-21-18/h4-12H,3H2,1-2H3,(H,20,21,22). The van der Waals surface area contributed by atoms with E-state index in [0.717, 1.165) is 11.3 Å². The minimum absolute atomic E-state index is 0.00299. The van der Waals surface area contributed by atoms with Crippen LogP contribution in [0.3, 0.4) is 0 Å². The van der Waals surface area contributed by atoms with Crippen molar-refractivity contribution in [3.05, 3.63) is 60.2 Å². The van der Waals surface area contributed by atoms with Gasteiger partial charge >= 0.3 is 0 Å². The van der Waals surface area contributed by atoms with Gasteiger partial charge in [0, 0.05) is 5.39 Å². The van der Waals surface area contributed by atoms with Gasteiger partial charge < -0.3 is 10.1 Å². The van der Waals surface area contributed by atoms with Crippen LogP contribution in [0.5, 0.6) is 5.75 Å². The van der Waals surface area contributed by atoms with Gasteiger partial charge in [-0.3, -0.25) is 0 Å². The predicted molar refractivity (Wildman–Crippen MR) is 89.1 cm³/mol. The molecule has 4 nitrogen and oxygen atoms in total. The van der Waals surface area contributed by atoms with Crippen LogP contribution in [0.1, 0.15) is 25.5 Å². The van der Waals surface area contributed by atoms with Crippen LogP contribution in [0.2, 0.25) is 0 Å². The third kappa shape index (κ3) is 3.39. The van der Waals surface area contributed by atoms with Gasteiger partial charge in [-0.25, -0.2) is 14.4 Å². The molecule has 0 aliphatic rings. The molecule has 1 N–H and O–H groups in total. The zero-order chi connectivity index (χ0) is 16.2. The minimum Gasteiger partial charge on any atom is -0.494 e. The number of rotatable bonds is 5. The molecule has 1 unspecified atom stereocenters. The molecule has 1 aromatic heterocycles. The number of halogens is 1. The van der Waals surface area contributed by atoms with Gasteiger partial charge in [0.1, 0.15) is 23.7 Å². The van der Waals surface area contributed by atoms with Crippen molar-refractivity contribution in [1.29, 1.82) is 0 Å². The number of hydrogen-bond acceptors (Lipinski definition) is 4. The van der Waals surface area contributed by atoms with Crippen molar-refractivity contribution in [3.63, 3.8) is 0 Å². The molecule has 0 saturated carbocycles. The Balaban J connectivity index is 1.89. The summed E-state index contributed by atoms with van der Waals surface area (Å²) in [5.74, 6) is 1.14. The van der Waals surface area contributed by atoms with E-state index in [1.807, 2.05) is 38.1 Å². The lowest BCUT2D eigenvalue weighted by molar-refractivity contribution is 0.340. The van der Waals surface area contributed by atoms with Crippen molar-refractivity contribution in [3.8, 4) is 5.75 Å². The van der Waals surface area contributed by atoms with Crippen molar-refractivity contribution in [2.45, 2.75) is 19.9 Å². The number of benzene rings is 2. The summed E-state index contributed by atoms with van der Waals surface area (Å²) in [6, 6.07) is 12.4. The van der Waals surface area contributed by atoms with Gasteiger partial charge in [-0.1, -0.05) is 12.1 Å². The van der Waals surface area contributed by atoms with E-state index in [0.29, 0.717) is 23.3 Å². The number of nitrogens with zero attached hydrogens (tertiary/aromatic N) is 2. The van der Waals surface area contributed by atoms with E-state index in [2.05, 4.69) is 15.3 Å². The van der Waals surface area contributed by atoms with E-state index in [-0.39, 0.29) is 11.9 Å². The van der Waals surface area contributed by atoms with Gasteiger partial charge in [0.2, 0.25) is 0 Å². The maximum Gasteiger partial charge on any atom is 0.137 e. The summed E-state index contributed by atoms with van der Waals surface area (Å²) in [6.07, 6.45) is 1.48. The molecule has 0 fully saturated rings. The van der Waals surface area contributed by atoms with Crippen molar-refractivity contribution < 1.29 is 9.13 Å². The first kappa shape index (κ1) is 15.2. The second kappa shape index (κ2) is 6.60. The second-order valence-electron chi connectivity index (χ2n) is 5.26. The van der Waals surface area contributed by atoms with Crippen LogP contribution < -0.4 is 10.1 Å². The Labute approximate surface area is 134 Å². The summed E-state index contributed by atoms with van der Waals surface area (Å²) in [5, 5.41) is 3.99. The maximum atomic E-state index is 13.5.